The molecule has 6 heteroatoms. The Labute approximate surface area is 121 Å². The minimum Gasteiger partial charge on any atom is -0.481 e. The lowest BCUT2D eigenvalue weighted by Crippen LogP contribution is -2.05. The smallest absolute Gasteiger partial charge is 0.217 e. The van der Waals surface area contributed by atoms with Crippen LogP contribution in [0.2, 0.25) is 5.02 Å². The van der Waals surface area contributed by atoms with Crippen molar-refractivity contribution in [3.05, 3.63) is 45.9 Å². The summed E-state index contributed by atoms with van der Waals surface area (Å²) in [5, 5.41) is 14.6. The van der Waals surface area contributed by atoms with Gasteiger partial charge in [0.1, 0.15) is 5.82 Å². The molecule has 0 spiro atoms. The van der Waals surface area contributed by atoms with Crippen LogP contribution >= 0.6 is 11.6 Å². The van der Waals surface area contributed by atoms with E-state index < -0.39 is 11.9 Å². The van der Waals surface area contributed by atoms with Crippen LogP contribution in [0.25, 0.3) is 0 Å². The third-order valence-electron chi connectivity index (χ3n) is 3.15. The Morgan fingerprint density at radius 3 is 2.80 bits per heavy atom. The van der Waals surface area contributed by atoms with Crippen LogP contribution in [0.5, 0.6) is 5.88 Å². The zero-order valence-corrected chi connectivity index (χ0v) is 12.3. The summed E-state index contributed by atoms with van der Waals surface area (Å²) in [6.45, 7) is 1.80. The highest BCUT2D eigenvalue weighted by Crippen LogP contribution is 2.30. The molecule has 0 saturated carbocycles. The highest BCUT2D eigenvalue weighted by atomic mass is 35.5. The van der Waals surface area contributed by atoms with Crippen LogP contribution in [-0.2, 0) is 13.5 Å². The van der Waals surface area contributed by atoms with E-state index in [9.17, 15) is 9.50 Å². The van der Waals surface area contributed by atoms with Gasteiger partial charge < -0.3 is 9.84 Å². The second-order valence-electron chi connectivity index (χ2n) is 4.60. The molecule has 1 atom stereocenters. The van der Waals surface area contributed by atoms with Crippen molar-refractivity contribution in [2.45, 2.75) is 19.4 Å². The first kappa shape index (κ1) is 14.8. The fourth-order valence-electron chi connectivity index (χ4n) is 2.27. The number of aromatic nitrogens is 2. The highest BCUT2D eigenvalue weighted by Gasteiger charge is 2.22. The molecule has 0 saturated heterocycles. The van der Waals surface area contributed by atoms with E-state index in [1.165, 1.54) is 19.2 Å². The molecule has 4 nitrogen and oxygen atoms in total. The van der Waals surface area contributed by atoms with Crippen molar-refractivity contribution in [1.82, 2.24) is 9.78 Å². The Morgan fingerprint density at radius 1 is 1.50 bits per heavy atom. The minimum atomic E-state index is -0.792. The average molecular weight is 299 g/mol. The van der Waals surface area contributed by atoms with Gasteiger partial charge in [0.2, 0.25) is 5.88 Å². The summed E-state index contributed by atoms with van der Waals surface area (Å²) in [4.78, 5) is 0. The first-order valence-electron chi connectivity index (χ1n) is 6.13. The number of aliphatic hydroxyl groups is 1. The topological polar surface area (TPSA) is 47.3 Å². The summed E-state index contributed by atoms with van der Waals surface area (Å²) >= 11 is 5.74. The number of benzene rings is 1. The molecule has 0 fully saturated rings. The molecule has 0 bridgehead atoms. The van der Waals surface area contributed by atoms with Crippen molar-refractivity contribution in [2.24, 2.45) is 7.05 Å². The van der Waals surface area contributed by atoms with Crippen molar-refractivity contribution in [1.29, 1.82) is 0 Å². The van der Waals surface area contributed by atoms with E-state index in [1.807, 2.05) is 0 Å². The predicted molar refractivity (Wildman–Crippen MR) is 74.6 cm³/mol. The second kappa shape index (κ2) is 5.81. The van der Waals surface area contributed by atoms with Crippen LogP contribution in [-0.4, -0.2) is 22.0 Å². The van der Waals surface area contributed by atoms with Gasteiger partial charge in [-0.3, -0.25) is 0 Å². The Morgan fingerprint density at radius 2 is 2.20 bits per heavy atom. The summed E-state index contributed by atoms with van der Waals surface area (Å²) in [5.74, 6) is 0.0447. The number of aryl methyl sites for hydroxylation is 2. The monoisotopic (exact) mass is 298 g/mol. The van der Waals surface area contributed by atoms with E-state index in [-0.39, 0.29) is 5.02 Å². The van der Waals surface area contributed by atoms with Crippen LogP contribution in [0.3, 0.4) is 0 Å². The molecule has 2 aromatic rings. The normalized spacial score (nSPS) is 12.5. The molecule has 1 unspecified atom stereocenters. The van der Waals surface area contributed by atoms with Crippen LogP contribution in [0.4, 0.5) is 4.39 Å². The molecular weight excluding hydrogens is 283 g/mol. The van der Waals surface area contributed by atoms with Gasteiger partial charge in [-0.15, -0.1) is 0 Å². The minimum absolute atomic E-state index is 0.0459. The Hall–Kier alpha value is -1.59. The predicted octanol–water partition coefficient (Wildman–Crippen LogP) is 2.81. The molecule has 0 aliphatic heterocycles. The lowest BCUT2D eigenvalue weighted by molar-refractivity contribution is 0.172. The van der Waals surface area contributed by atoms with Crippen LogP contribution in [0.1, 0.15) is 22.9 Å². The van der Waals surface area contributed by atoms with Crippen LogP contribution in [0, 0.1) is 12.7 Å². The van der Waals surface area contributed by atoms with Gasteiger partial charge in [0.15, 0.2) is 0 Å². The summed E-state index contributed by atoms with van der Waals surface area (Å²) in [7, 11) is 3.28. The summed E-state index contributed by atoms with van der Waals surface area (Å²) in [5.41, 5.74) is 2.08. The number of aliphatic hydroxyl groups excluding tert-OH is 1. The number of methoxy groups -OCH3 is 1. The molecule has 2 rings (SSSR count). The van der Waals surface area contributed by atoms with E-state index in [1.54, 1.807) is 24.7 Å². The van der Waals surface area contributed by atoms with Crippen molar-refractivity contribution >= 4 is 11.6 Å². The Balaban J connectivity index is 2.28. The number of rotatable bonds is 4. The van der Waals surface area contributed by atoms with Gasteiger partial charge in [0, 0.05) is 13.5 Å². The zero-order chi connectivity index (χ0) is 14.9. The maximum atomic E-state index is 13.1. The number of hydrogen-bond donors (Lipinski definition) is 1. The molecule has 1 heterocycles. The molecular formula is C14H16ClFN2O2. The first-order chi connectivity index (χ1) is 9.43. The standard InChI is InChI=1S/C14H16ClFN2O2/c1-8-13(14(20-3)18(2)17-8)12(19)7-9-4-5-11(16)10(15)6-9/h4-6,12,19H,7H2,1-3H3. The largest absolute Gasteiger partial charge is 0.481 e. The molecule has 1 aromatic heterocycles. The van der Waals surface area contributed by atoms with Crippen LogP contribution < -0.4 is 4.74 Å². The Kier molecular flexibility index (Phi) is 4.30. The first-order valence-corrected chi connectivity index (χ1v) is 6.51. The molecule has 0 amide bonds. The Bertz CT molecular complexity index is 628. The lowest BCUT2D eigenvalue weighted by Gasteiger charge is -2.12. The number of ether oxygens (including phenoxy) is 1. The fraction of sp³-hybridized carbons (Fsp3) is 0.357. The summed E-state index contributed by atoms with van der Waals surface area (Å²) in [6.07, 6.45) is -0.483. The number of nitrogens with zero attached hydrogens (tertiary/aromatic N) is 2. The molecule has 20 heavy (non-hydrogen) atoms. The lowest BCUT2D eigenvalue weighted by atomic mass is 10.0. The van der Waals surface area contributed by atoms with E-state index in [0.29, 0.717) is 23.6 Å². The van der Waals surface area contributed by atoms with E-state index in [2.05, 4.69) is 5.10 Å². The summed E-state index contributed by atoms with van der Waals surface area (Å²) in [6, 6.07) is 4.40. The van der Waals surface area contributed by atoms with Crippen molar-refractivity contribution in [3.63, 3.8) is 0 Å². The molecule has 108 valence electrons. The molecule has 1 N–H and O–H groups in total. The van der Waals surface area contributed by atoms with E-state index in [4.69, 9.17) is 16.3 Å². The highest BCUT2D eigenvalue weighted by molar-refractivity contribution is 6.30. The van der Waals surface area contributed by atoms with Crippen molar-refractivity contribution in [3.8, 4) is 5.88 Å². The van der Waals surface area contributed by atoms with Gasteiger partial charge in [-0.25, -0.2) is 9.07 Å². The third kappa shape index (κ3) is 2.78. The van der Waals surface area contributed by atoms with Gasteiger partial charge in [0.25, 0.3) is 0 Å². The van der Waals surface area contributed by atoms with Gasteiger partial charge in [-0.05, 0) is 24.6 Å². The quantitative estimate of drug-likeness (QED) is 0.944. The third-order valence-corrected chi connectivity index (χ3v) is 3.44. The molecule has 0 radical (unpaired) electrons. The van der Waals surface area contributed by atoms with Gasteiger partial charge >= 0.3 is 0 Å². The van der Waals surface area contributed by atoms with Crippen molar-refractivity contribution < 1.29 is 14.2 Å². The van der Waals surface area contributed by atoms with Gasteiger partial charge in [-0.1, -0.05) is 17.7 Å². The SMILES string of the molecule is COc1c(C(O)Cc2ccc(F)c(Cl)c2)c(C)nn1C. The van der Waals surface area contributed by atoms with E-state index in [0.717, 1.165) is 5.56 Å². The average Bonchev–Trinajstić information content (AvgIpc) is 2.68. The summed E-state index contributed by atoms with van der Waals surface area (Å²) < 4.78 is 19.9. The van der Waals surface area contributed by atoms with Crippen LogP contribution in [0.15, 0.2) is 18.2 Å². The number of hydrogen-bond acceptors (Lipinski definition) is 3. The van der Waals surface area contributed by atoms with E-state index >= 15 is 0 Å². The van der Waals surface area contributed by atoms with Gasteiger partial charge in [0.05, 0.1) is 29.5 Å². The maximum Gasteiger partial charge on any atom is 0.217 e. The molecule has 0 aliphatic carbocycles. The molecule has 0 aliphatic rings. The van der Waals surface area contributed by atoms with Crippen molar-refractivity contribution in [2.75, 3.05) is 7.11 Å². The fourth-order valence-corrected chi connectivity index (χ4v) is 2.47. The molecule has 1 aromatic carbocycles. The second-order valence-corrected chi connectivity index (χ2v) is 5.01. The van der Waals surface area contributed by atoms with Gasteiger partial charge in [-0.2, -0.15) is 5.10 Å². The number of halogens is 2. The zero-order valence-electron chi connectivity index (χ0n) is 11.5. The maximum absolute atomic E-state index is 13.1.